The summed E-state index contributed by atoms with van der Waals surface area (Å²) < 4.78 is 0. The van der Waals surface area contributed by atoms with E-state index in [9.17, 15) is 0 Å². The second-order valence-corrected chi connectivity index (χ2v) is 5.30. The molecule has 6 heteroatoms. The van der Waals surface area contributed by atoms with E-state index in [-0.39, 0.29) is 0 Å². The van der Waals surface area contributed by atoms with Crippen LogP contribution in [0.2, 0.25) is 0 Å². The lowest BCUT2D eigenvalue weighted by molar-refractivity contribution is 0.741. The van der Waals surface area contributed by atoms with Crippen molar-refractivity contribution in [1.82, 2.24) is 20.2 Å². The lowest BCUT2D eigenvalue weighted by atomic mass is 10.2. The molecule has 23 heavy (non-hydrogen) atoms. The van der Waals surface area contributed by atoms with Gasteiger partial charge in [0.05, 0.1) is 17.4 Å². The minimum atomic E-state index is 0.462. The fourth-order valence-electron chi connectivity index (χ4n) is 2.36. The summed E-state index contributed by atoms with van der Waals surface area (Å²) in [6.07, 6.45) is 6.94. The first-order valence-corrected chi connectivity index (χ1v) is 7.91. The predicted molar refractivity (Wildman–Crippen MR) is 92.9 cm³/mol. The van der Waals surface area contributed by atoms with E-state index >= 15 is 0 Å². The smallest absolute Gasteiger partial charge is 0.249 e. The molecular weight excluding hydrogens is 288 g/mol. The molecule has 1 aromatic carbocycles. The average Bonchev–Trinajstić information content (AvgIpc) is 2.60. The van der Waals surface area contributed by atoms with Gasteiger partial charge in [-0.2, -0.15) is 10.1 Å². The van der Waals surface area contributed by atoms with Crippen LogP contribution < -0.4 is 10.6 Å². The van der Waals surface area contributed by atoms with Gasteiger partial charge in [-0.1, -0.05) is 38.0 Å². The highest BCUT2D eigenvalue weighted by Crippen LogP contribution is 2.23. The van der Waals surface area contributed by atoms with Crippen LogP contribution >= 0.6 is 0 Å². The fourth-order valence-corrected chi connectivity index (χ4v) is 2.36. The Bertz CT molecular complexity index is 768. The Balaban J connectivity index is 1.74. The summed E-state index contributed by atoms with van der Waals surface area (Å²) in [6, 6.07) is 9.91. The summed E-state index contributed by atoms with van der Waals surface area (Å²) in [6.45, 7) is 3.08. The lowest BCUT2D eigenvalue weighted by Crippen LogP contribution is -2.07. The number of para-hydroxylation sites is 1. The fraction of sp³-hybridized carbons (Fsp3) is 0.294. The first kappa shape index (κ1) is 15.1. The summed E-state index contributed by atoms with van der Waals surface area (Å²) in [4.78, 5) is 8.86. The molecule has 0 saturated carbocycles. The van der Waals surface area contributed by atoms with Gasteiger partial charge in [0.25, 0.3) is 0 Å². The van der Waals surface area contributed by atoms with Crippen molar-refractivity contribution in [3.05, 3.63) is 42.7 Å². The molecule has 0 aliphatic rings. The monoisotopic (exact) mass is 308 g/mol. The Hall–Kier alpha value is -2.76. The van der Waals surface area contributed by atoms with Gasteiger partial charge in [-0.3, -0.25) is 4.98 Å². The third-order valence-electron chi connectivity index (χ3n) is 3.52. The van der Waals surface area contributed by atoms with Gasteiger partial charge in [-0.05, 0) is 18.6 Å². The average molecular weight is 308 g/mol. The summed E-state index contributed by atoms with van der Waals surface area (Å²) in [5, 5.41) is 15.6. The van der Waals surface area contributed by atoms with E-state index in [0.717, 1.165) is 35.4 Å². The van der Waals surface area contributed by atoms with E-state index in [1.54, 1.807) is 12.4 Å². The molecule has 2 heterocycles. The highest BCUT2D eigenvalue weighted by molar-refractivity contribution is 5.91. The van der Waals surface area contributed by atoms with Crippen molar-refractivity contribution in [3.8, 4) is 0 Å². The molecule has 2 aromatic heterocycles. The molecule has 0 fully saturated rings. The second-order valence-electron chi connectivity index (χ2n) is 5.30. The van der Waals surface area contributed by atoms with E-state index < -0.39 is 0 Å². The van der Waals surface area contributed by atoms with Gasteiger partial charge in [0.1, 0.15) is 0 Å². The summed E-state index contributed by atoms with van der Waals surface area (Å²) >= 11 is 0. The number of pyridine rings is 1. The molecule has 0 unspecified atom stereocenters. The van der Waals surface area contributed by atoms with Crippen LogP contribution in [-0.2, 0) is 0 Å². The van der Waals surface area contributed by atoms with E-state index in [1.165, 1.54) is 12.8 Å². The zero-order chi connectivity index (χ0) is 15.9. The van der Waals surface area contributed by atoms with Gasteiger partial charge in [0.2, 0.25) is 5.95 Å². The van der Waals surface area contributed by atoms with Gasteiger partial charge >= 0.3 is 0 Å². The topological polar surface area (TPSA) is 75.6 Å². The molecule has 0 saturated heterocycles. The molecule has 0 amide bonds. The standard InChI is InChI=1S/C17H20N6/c1-2-3-4-10-18-15-12-20-23-17(22-15)21-14-9-5-7-13-8-6-11-19-16(13)14/h5-9,11-12H,2-4,10H2,1H3,(H2,18,21,22,23). The Labute approximate surface area is 135 Å². The predicted octanol–water partition coefficient (Wildman–Crippen LogP) is 3.77. The molecule has 0 aliphatic heterocycles. The van der Waals surface area contributed by atoms with Crippen molar-refractivity contribution in [2.24, 2.45) is 0 Å². The molecular formula is C17H20N6. The zero-order valence-corrected chi connectivity index (χ0v) is 13.2. The number of hydrogen-bond donors (Lipinski definition) is 2. The normalized spacial score (nSPS) is 10.7. The third kappa shape index (κ3) is 3.91. The van der Waals surface area contributed by atoms with Crippen molar-refractivity contribution in [2.45, 2.75) is 26.2 Å². The number of aromatic nitrogens is 4. The Kier molecular flexibility index (Phi) is 4.93. The zero-order valence-electron chi connectivity index (χ0n) is 13.2. The minimum Gasteiger partial charge on any atom is -0.369 e. The molecule has 6 nitrogen and oxygen atoms in total. The molecule has 118 valence electrons. The minimum absolute atomic E-state index is 0.462. The van der Waals surface area contributed by atoms with Crippen LogP contribution in [0.25, 0.3) is 10.9 Å². The van der Waals surface area contributed by atoms with Gasteiger partial charge in [0.15, 0.2) is 5.82 Å². The second kappa shape index (κ2) is 7.49. The summed E-state index contributed by atoms with van der Waals surface area (Å²) in [7, 11) is 0. The molecule has 0 bridgehead atoms. The van der Waals surface area contributed by atoms with Crippen molar-refractivity contribution < 1.29 is 0 Å². The maximum absolute atomic E-state index is 4.45. The summed E-state index contributed by atoms with van der Waals surface area (Å²) in [5.74, 6) is 1.19. The number of anilines is 3. The number of nitrogens with zero attached hydrogens (tertiary/aromatic N) is 4. The van der Waals surface area contributed by atoms with Crippen LogP contribution in [0.4, 0.5) is 17.5 Å². The molecule has 3 rings (SSSR count). The number of benzene rings is 1. The Morgan fingerprint density at radius 1 is 1.09 bits per heavy atom. The number of hydrogen-bond acceptors (Lipinski definition) is 6. The van der Waals surface area contributed by atoms with Crippen molar-refractivity contribution in [2.75, 3.05) is 17.2 Å². The van der Waals surface area contributed by atoms with Crippen molar-refractivity contribution in [1.29, 1.82) is 0 Å². The maximum atomic E-state index is 4.45. The largest absolute Gasteiger partial charge is 0.369 e. The van der Waals surface area contributed by atoms with Crippen LogP contribution in [0.3, 0.4) is 0 Å². The van der Waals surface area contributed by atoms with Gasteiger partial charge in [-0.25, -0.2) is 0 Å². The number of fused-ring (bicyclic) bond motifs is 1. The molecule has 3 aromatic rings. The quantitative estimate of drug-likeness (QED) is 0.647. The first-order chi connectivity index (χ1) is 11.4. The molecule has 0 atom stereocenters. The van der Waals surface area contributed by atoms with Gasteiger partial charge in [-0.15, -0.1) is 5.10 Å². The van der Waals surface area contributed by atoms with Gasteiger partial charge in [0, 0.05) is 18.1 Å². The van der Waals surface area contributed by atoms with E-state index in [0.29, 0.717) is 5.95 Å². The van der Waals surface area contributed by atoms with Crippen molar-refractivity contribution in [3.63, 3.8) is 0 Å². The van der Waals surface area contributed by atoms with E-state index in [2.05, 4.69) is 37.7 Å². The number of unbranched alkanes of at least 4 members (excludes halogenated alkanes) is 2. The molecule has 0 spiro atoms. The summed E-state index contributed by atoms with van der Waals surface area (Å²) in [5.41, 5.74) is 1.76. The number of nitrogens with one attached hydrogen (secondary N) is 2. The van der Waals surface area contributed by atoms with Crippen LogP contribution in [0, 0.1) is 0 Å². The number of rotatable bonds is 7. The van der Waals surface area contributed by atoms with Gasteiger partial charge < -0.3 is 10.6 Å². The third-order valence-corrected chi connectivity index (χ3v) is 3.52. The lowest BCUT2D eigenvalue weighted by Gasteiger charge is -2.09. The molecule has 0 radical (unpaired) electrons. The van der Waals surface area contributed by atoms with Crippen LogP contribution in [0.1, 0.15) is 26.2 Å². The molecule has 2 N–H and O–H groups in total. The van der Waals surface area contributed by atoms with E-state index in [1.807, 2.05) is 30.3 Å². The van der Waals surface area contributed by atoms with Crippen LogP contribution in [-0.4, -0.2) is 26.7 Å². The molecule has 0 aliphatic carbocycles. The van der Waals surface area contributed by atoms with Crippen molar-refractivity contribution >= 4 is 28.4 Å². The Morgan fingerprint density at radius 3 is 2.91 bits per heavy atom. The van der Waals surface area contributed by atoms with E-state index in [4.69, 9.17) is 0 Å². The van der Waals surface area contributed by atoms with Crippen LogP contribution in [0.5, 0.6) is 0 Å². The maximum Gasteiger partial charge on any atom is 0.249 e. The SMILES string of the molecule is CCCCCNc1cnnc(Nc2cccc3cccnc23)n1. The highest BCUT2D eigenvalue weighted by Gasteiger charge is 2.05. The van der Waals surface area contributed by atoms with Crippen LogP contribution in [0.15, 0.2) is 42.7 Å². The first-order valence-electron chi connectivity index (χ1n) is 7.91. The highest BCUT2D eigenvalue weighted by atomic mass is 15.3. The Morgan fingerprint density at radius 2 is 2.00 bits per heavy atom.